The summed E-state index contributed by atoms with van der Waals surface area (Å²) in [7, 11) is 0. The quantitative estimate of drug-likeness (QED) is 0.327. The van der Waals surface area contributed by atoms with Crippen LogP contribution in [0.4, 0.5) is 14.5 Å². The van der Waals surface area contributed by atoms with E-state index in [-0.39, 0.29) is 31.0 Å². The van der Waals surface area contributed by atoms with Crippen LogP contribution in [0.2, 0.25) is 0 Å². The average Bonchev–Trinajstić information content (AvgIpc) is 3.34. The van der Waals surface area contributed by atoms with Crippen LogP contribution in [0.15, 0.2) is 62.3 Å². The van der Waals surface area contributed by atoms with Gasteiger partial charge in [-0.3, -0.25) is 14.3 Å². The van der Waals surface area contributed by atoms with Gasteiger partial charge in [-0.2, -0.15) is 0 Å². The van der Waals surface area contributed by atoms with Crippen molar-refractivity contribution in [1.82, 2.24) is 19.9 Å². The van der Waals surface area contributed by atoms with Gasteiger partial charge >= 0.3 is 5.63 Å². The molecule has 1 aliphatic rings. The molecule has 3 heterocycles. The lowest BCUT2D eigenvalue weighted by Gasteiger charge is -2.38. The molecule has 202 valence electrons. The van der Waals surface area contributed by atoms with Gasteiger partial charge in [-0.15, -0.1) is 5.10 Å². The molecule has 2 amide bonds. The van der Waals surface area contributed by atoms with Crippen molar-refractivity contribution in [3.63, 3.8) is 0 Å². The maximum Gasteiger partial charge on any atom is 0.349 e. The standard InChI is InChI=1S/C27H24BrF2N5O4/c1-15-21-11-19(28)5-8-23(21)39-26(38)24(15)25(37)34-10-9-18(27(29,30)14-34)12-35-13-22(32-33-35)17-3-6-20(7-4-17)31-16(2)36/h3-8,11,13,18H,9-10,12,14H2,1-2H3,(H,31,36). The Hall–Kier alpha value is -3.93. The van der Waals surface area contributed by atoms with Gasteiger partial charge in [-0.25, -0.2) is 13.6 Å². The number of fused-ring (bicyclic) bond motifs is 1. The van der Waals surface area contributed by atoms with Gasteiger partial charge in [0.25, 0.3) is 11.8 Å². The number of nitrogens with zero attached hydrogens (tertiary/aromatic N) is 4. The summed E-state index contributed by atoms with van der Waals surface area (Å²) in [5.74, 6) is -5.25. The number of carbonyl (C=O) groups excluding carboxylic acids is 2. The number of piperidine rings is 1. The smallest absolute Gasteiger partial charge is 0.349 e. The van der Waals surface area contributed by atoms with Crippen LogP contribution in [0, 0.1) is 12.8 Å². The van der Waals surface area contributed by atoms with Crippen molar-refractivity contribution in [3.05, 3.63) is 74.7 Å². The summed E-state index contributed by atoms with van der Waals surface area (Å²) in [6, 6.07) is 12.0. The number of anilines is 1. The summed E-state index contributed by atoms with van der Waals surface area (Å²) >= 11 is 3.36. The molecule has 1 N–H and O–H groups in total. The van der Waals surface area contributed by atoms with E-state index in [9.17, 15) is 14.4 Å². The van der Waals surface area contributed by atoms with E-state index >= 15 is 8.78 Å². The van der Waals surface area contributed by atoms with Crippen molar-refractivity contribution in [1.29, 1.82) is 0 Å². The minimum atomic E-state index is -3.21. The number of benzene rings is 2. The fourth-order valence-corrected chi connectivity index (χ4v) is 5.15. The first-order chi connectivity index (χ1) is 18.5. The molecule has 12 heteroatoms. The lowest BCUT2D eigenvalue weighted by atomic mass is 9.92. The van der Waals surface area contributed by atoms with Crippen molar-refractivity contribution in [2.45, 2.75) is 32.7 Å². The molecule has 0 aliphatic carbocycles. The van der Waals surface area contributed by atoms with Crippen LogP contribution in [0.1, 0.15) is 29.3 Å². The maximum atomic E-state index is 15.3. The van der Waals surface area contributed by atoms with Crippen molar-refractivity contribution < 1.29 is 22.8 Å². The van der Waals surface area contributed by atoms with Crippen LogP contribution < -0.4 is 10.9 Å². The number of alkyl halides is 2. The molecule has 1 saturated heterocycles. The van der Waals surface area contributed by atoms with Crippen molar-refractivity contribution in [2.24, 2.45) is 5.92 Å². The Morgan fingerprint density at radius 2 is 1.95 bits per heavy atom. The SMILES string of the molecule is CC(=O)Nc1ccc(-c2cn(CC3CCN(C(=O)c4c(C)c5cc(Br)ccc5oc4=O)CC3(F)F)nn2)cc1. The van der Waals surface area contributed by atoms with Crippen LogP contribution in [0.3, 0.4) is 0 Å². The molecule has 1 atom stereocenters. The van der Waals surface area contributed by atoms with E-state index in [0.29, 0.717) is 27.9 Å². The number of aryl methyl sites for hydroxylation is 1. The van der Waals surface area contributed by atoms with Gasteiger partial charge < -0.3 is 14.6 Å². The average molecular weight is 600 g/mol. The van der Waals surface area contributed by atoms with Crippen LogP contribution in [0.5, 0.6) is 0 Å². The van der Waals surface area contributed by atoms with E-state index in [1.807, 2.05) is 0 Å². The molecule has 39 heavy (non-hydrogen) atoms. The highest BCUT2D eigenvalue weighted by Gasteiger charge is 2.46. The number of carbonyl (C=O) groups is 2. The zero-order valence-electron chi connectivity index (χ0n) is 21.1. The van der Waals surface area contributed by atoms with Crippen LogP contribution >= 0.6 is 15.9 Å². The first-order valence-corrected chi connectivity index (χ1v) is 13.0. The molecule has 1 aliphatic heterocycles. The number of aromatic nitrogens is 3. The minimum absolute atomic E-state index is 0.0167. The highest BCUT2D eigenvalue weighted by molar-refractivity contribution is 9.10. The topological polar surface area (TPSA) is 110 Å². The normalized spacial score (nSPS) is 16.8. The molecule has 9 nitrogen and oxygen atoms in total. The van der Waals surface area contributed by atoms with Crippen LogP contribution in [-0.4, -0.2) is 50.7 Å². The largest absolute Gasteiger partial charge is 0.422 e. The molecule has 0 bridgehead atoms. The predicted octanol–water partition coefficient (Wildman–Crippen LogP) is 4.88. The van der Waals surface area contributed by atoms with E-state index in [0.717, 1.165) is 14.9 Å². The molecule has 5 rings (SSSR count). The fraction of sp³-hybridized carbons (Fsp3) is 0.296. The van der Waals surface area contributed by atoms with Gasteiger partial charge in [0.05, 0.1) is 19.3 Å². The van der Waals surface area contributed by atoms with Gasteiger partial charge in [0.1, 0.15) is 16.8 Å². The predicted molar refractivity (Wildman–Crippen MR) is 144 cm³/mol. The van der Waals surface area contributed by atoms with Crippen LogP contribution in [-0.2, 0) is 11.3 Å². The molecule has 4 aromatic rings. The highest BCUT2D eigenvalue weighted by atomic mass is 79.9. The van der Waals surface area contributed by atoms with Gasteiger partial charge in [0.2, 0.25) is 5.91 Å². The molecular formula is C27H24BrF2N5O4. The van der Waals surface area contributed by atoms with E-state index in [4.69, 9.17) is 4.42 Å². The molecule has 1 fully saturated rings. The summed E-state index contributed by atoms with van der Waals surface area (Å²) in [6.45, 7) is 2.17. The monoisotopic (exact) mass is 599 g/mol. The Kier molecular flexibility index (Phi) is 7.06. The number of hydrogen-bond acceptors (Lipinski definition) is 6. The van der Waals surface area contributed by atoms with Gasteiger partial charge in [-0.05, 0) is 49.2 Å². The van der Waals surface area contributed by atoms with E-state index < -0.39 is 29.9 Å². The van der Waals surface area contributed by atoms with E-state index in [1.165, 1.54) is 11.6 Å². The Morgan fingerprint density at radius 3 is 2.64 bits per heavy atom. The fourth-order valence-electron chi connectivity index (χ4n) is 4.79. The van der Waals surface area contributed by atoms with Crippen LogP contribution in [0.25, 0.3) is 22.2 Å². The second kappa shape index (κ2) is 10.3. The first-order valence-electron chi connectivity index (χ1n) is 12.2. The summed E-state index contributed by atoms with van der Waals surface area (Å²) < 4.78 is 37.9. The molecular weight excluding hydrogens is 576 g/mol. The van der Waals surface area contributed by atoms with Crippen molar-refractivity contribution in [2.75, 3.05) is 18.4 Å². The Morgan fingerprint density at radius 1 is 1.21 bits per heavy atom. The lowest BCUT2D eigenvalue weighted by Crippen LogP contribution is -2.52. The van der Waals surface area contributed by atoms with Crippen molar-refractivity contribution >= 4 is 44.4 Å². The Bertz CT molecular complexity index is 1630. The molecule has 1 unspecified atom stereocenters. The maximum absolute atomic E-state index is 15.3. The highest BCUT2D eigenvalue weighted by Crippen LogP contribution is 2.35. The molecule has 0 radical (unpaired) electrons. The molecule has 2 aromatic carbocycles. The van der Waals surface area contributed by atoms with Gasteiger partial charge in [0, 0.05) is 40.5 Å². The number of hydrogen-bond donors (Lipinski definition) is 1. The Labute approximate surface area is 229 Å². The zero-order valence-corrected chi connectivity index (χ0v) is 22.7. The third-order valence-corrected chi connectivity index (χ3v) is 7.32. The third-order valence-electron chi connectivity index (χ3n) is 6.82. The zero-order chi connectivity index (χ0) is 27.9. The number of amides is 2. The summed E-state index contributed by atoms with van der Waals surface area (Å²) in [6.07, 6.45) is 1.60. The summed E-state index contributed by atoms with van der Waals surface area (Å²) in [4.78, 5) is 38.1. The van der Waals surface area contributed by atoms with E-state index in [1.54, 1.807) is 55.6 Å². The molecule has 0 spiro atoms. The number of halogens is 3. The second-order valence-corrected chi connectivity index (χ2v) is 10.5. The third kappa shape index (κ3) is 5.47. The second-order valence-electron chi connectivity index (χ2n) is 9.59. The number of nitrogens with one attached hydrogen (secondary N) is 1. The van der Waals surface area contributed by atoms with Gasteiger partial charge in [-0.1, -0.05) is 33.3 Å². The number of likely N-dealkylation sites (tertiary alicyclic amines) is 1. The molecule has 2 aromatic heterocycles. The van der Waals surface area contributed by atoms with Gasteiger partial charge in [0.15, 0.2) is 0 Å². The van der Waals surface area contributed by atoms with Crippen molar-refractivity contribution in [3.8, 4) is 11.3 Å². The Balaban J connectivity index is 1.29. The summed E-state index contributed by atoms with van der Waals surface area (Å²) in [5, 5.41) is 11.3. The number of rotatable bonds is 5. The minimum Gasteiger partial charge on any atom is -0.422 e. The lowest BCUT2D eigenvalue weighted by molar-refractivity contribution is -0.114. The van der Waals surface area contributed by atoms with E-state index in [2.05, 4.69) is 31.6 Å². The summed E-state index contributed by atoms with van der Waals surface area (Å²) in [5.41, 5.74) is 1.47. The first kappa shape index (κ1) is 26.7. The molecule has 0 saturated carbocycles.